The van der Waals surface area contributed by atoms with E-state index in [2.05, 4.69) is 27.0 Å². The van der Waals surface area contributed by atoms with E-state index in [1.807, 2.05) is 47.4 Å². The molecule has 0 aliphatic carbocycles. The minimum atomic E-state index is -1.42. The molecule has 2 aromatic rings. The highest BCUT2D eigenvalue weighted by molar-refractivity contribution is 9.10. The predicted molar refractivity (Wildman–Crippen MR) is 112 cm³/mol. The van der Waals surface area contributed by atoms with Crippen LogP contribution >= 0.6 is 15.9 Å². The van der Waals surface area contributed by atoms with Crippen molar-refractivity contribution in [2.24, 2.45) is 5.92 Å². The molecule has 0 amide bonds. The number of carbonyl (C=O) groups excluding carboxylic acids is 2. The standard InChI is InChI=1S/C22H21BrN2O5/c1-28-19-17(5-3-10-24-19)14-25-11-9-16(8-7-15-4-2-6-18(23)12-15)13-22(25)29-20(26)21(27)30-22/h2-8,10,12,16H,9,11,13-14H2,1H3/b8-7+. The van der Waals surface area contributed by atoms with Crippen molar-refractivity contribution in [3.8, 4) is 5.88 Å². The van der Waals surface area contributed by atoms with Crippen LogP contribution in [-0.2, 0) is 25.6 Å². The fraction of sp³-hybridized carbons (Fsp3) is 0.318. The number of ether oxygens (including phenoxy) is 3. The summed E-state index contributed by atoms with van der Waals surface area (Å²) in [7, 11) is 1.55. The van der Waals surface area contributed by atoms with Crippen molar-refractivity contribution >= 4 is 33.9 Å². The Balaban J connectivity index is 1.56. The number of pyridine rings is 1. The Morgan fingerprint density at radius 1 is 1.27 bits per heavy atom. The van der Waals surface area contributed by atoms with Gasteiger partial charge in [0.15, 0.2) is 0 Å². The zero-order valence-electron chi connectivity index (χ0n) is 16.4. The summed E-state index contributed by atoms with van der Waals surface area (Å²) in [5, 5.41) is 0. The van der Waals surface area contributed by atoms with Crippen molar-refractivity contribution < 1.29 is 23.8 Å². The lowest BCUT2D eigenvalue weighted by Crippen LogP contribution is -2.54. The van der Waals surface area contributed by atoms with E-state index < -0.39 is 17.8 Å². The molecule has 8 heteroatoms. The summed E-state index contributed by atoms with van der Waals surface area (Å²) < 4.78 is 17.3. The topological polar surface area (TPSA) is 78.0 Å². The monoisotopic (exact) mass is 472 g/mol. The first-order valence-corrected chi connectivity index (χ1v) is 10.4. The molecule has 4 rings (SSSR count). The Morgan fingerprint density at radius 3 is 2.80 bits per heavy atom. The Labute approximate surface area is 182 Å². The molecule has 0 bridgehead atoms. The van der Waals surface area contributed by atoms with E-state index >= 15 is 0 Å². The Kier molecular flexibility index (Phi) is 5.87. The Bertz CT molecular complexity index is 977. The molecule has 2 fully saturated rings. The van der Waals surface area contributed by atoms with E-state index in [1.54, 1.807) is 13.3 Å². The molecule has 1 aromatic heterocycles. The molecular weight excluding hydrogens is 452 g/mol. The highest BCUT2D eigenvalue weighted by Crippen LogP contribution is 2.40. The number of hydrogen-bond donors (Lipinski definition) is 0. The number of methoxy groups -OCH3 is 1. The van der Waals surface area contributed by atoms with Crippen LogP contribution in [0.15, 0.2) is 53.1 Å². The van der Waals surface area contributed by atoms with Crippen molar-refractivity contribution in [1.82, 2.24) is 9.88 Å². The second kappa shape index (κ2) is 8.57. The average Bonchev–Trinajstić information content (AvgIpc) is 3.02. The number of aromatic nitrogens is 1. The smallest absolute Gasteiger partial charge is 0.421 e. The van der Waals surface area contributed by atoms with Crippen LogP contribution in [0.1, 0.15) is 24.0 Å². The van der Waals surface area contributed by atoms with Crippen LogP contribution < -0.4 is 4.74 Å². The summed E-state index contributed by atoms with van der Waals surface area (Å²) in [5.74, 6) is -2.78. The number of allylic oxidation sites excluding steroid dienone is 1. The summed E-state index contributed by atoms with van der Waals surface area (Å²) in [6, 6.07) is 11.7. The number of nitrogens with zero attached hydrogens (tertiary/aromatic N) is 2. The number of piperidine rings is 1. The summed E-state index contributed by atoms with van der Waals surface area (Å²) in [5.41, 5.74) is 1.88. The van der Waals surface area contributed by atoms with Crippen LogP contribution in [0.25, 0.3) is 6.08 Å². The number of halogens is 1. The van der Waals surface area contributed by atoms with Gasteiger partial charge in [0.2, 0.25) is 5.88 Å². The van der Waals surface area contributed by atoms with Gasteiger partial charge in [-0.2, -0.15) is 0 Å². The SMILES string of the molecule is COc1ncccc1CN1CCC(/C=C/c2cccc(Br)c2)CC12OC(=O)C(=O)O2. The first kappa shape index (κ1) is 20.6. The first-order chi connectivity index (χ1) is 14.5. The number of esters is 2. The lowest BCUT2D eigenvalue weighted by molar-refractivity contribution is -0.271. The summed E-state index contributed by atoms with van der Waals surface area (Å²) in [6.45, 7) is 0.950. The molecule has 156 valence electrons. The van der Waals surface area contributed by atoms with Crippen molar-refractivity contribution in [1.29, 1.82) is 0 Å². The third kappa shape index (κ3) is 4.24. The second-order valence-corrected chi connectivity index (χ2v) is 8.17. The molecule has 30 heavy (non-hydrogen) atoms. The summed E-state index contributed by atoms with van der Waals surface area (Å²) in [6.07, 6.45) is 6.93. The van der Waals surface area contributed by atoms with E-state index in [-0.39, 0.29) is 5.92 Å². The molecular formula is C22H21BrN2O5. The van der Waals surface area contributed by atoms with Gasteiger partial charge in [0.05, 0.1) is 7.11 Å². The van der Waals surface area contributed by atoms with Crippen LogP contribution in [-0.4, -0.2) is 41.4 Å². The molecule has 7 nitrogen and oxygen atoms in total. The van der Waals surface area contributed by atoms with Gasteiger partial charge in [-0.3, -0.25) is 0 Å². The van der Waals surface area contributed by atoms with Crippen LogP contribution in [0.5, 0.6) is 5.88 Å². The number of likely N-dealkylation sites (tertiary alicyclic amines) is 1. The zero-order chi connectivity index (χ0) is 21.1. The predicted octanol–water partition coefficient (Wildman–Crippen LogP) is 3.53. The van der Waals surface area contributed by atoms with Gasteiger partial charge in [0, 0.05) is 35.7 Å². The molecule has 0 saturated carbocycles. The van der Waals surface area contributed by atoms with Crippen molar-refractivity contribution in [3.63, 3.8) is 0 Å². The summed E-state index contributed by atoms with van der Waals surface area (Å²) in [4.78, 5) is 29.9. The van der Waals surface area contributed by atoms with E-state index in [1.165, 1.54) is 0 Å². The van der Waals surface area contributed by atoms with Gasteiger partial charge < -0.3 is 14.2 Å². The third-order valence-corrected chi connectivity index (χ3v) is 5.75. The maximum Gasteiger partial charge on any atom is 0.421 e. The van der Waals surface area contributed by atoms with Gasteiger partial charge in [-0.25, -0.2) is 19.5 Å². The Morgan fingerprint density at radius 2 is 2.07 bits per heavy atom. The fourth-order valence-electron chi connectivity index (χ4n) is 3.82. The van der Waals surface area contributed by atoms with Gasteiger partial charge in [0.1, 0.15) is 0 Å². The van der Waals surface area contributed by atoms with Gasteiger partial charge >= 0.3 is 17.8 Å². The lowest BCUT2D eigenvalue weighted by Gasteiger charge is -2.42. The van der Waals surface area contributed by atoms with Crippen LogP contribution in [0, 0.1) is 5.92 Å². The molecule has 1 spiro atoms. The van der Waals surface area contributed by atoms with E-state index in [0.717, 1.165) is 22.0 Å². The minimum Gasteiger partial charge on any atom is -0.481 e. The van der Waals surface area contributed by atoms with Gasteiger partial charge in [0.25, 0.3) is 0 Å². The Hall–Kier alpha value is -2.71. The molecule has 0 N–H and O–H groups in total. The molecule has 1 atom stereocenters. The van der Waals surface area contributed by atoms with E-state index in [9.17, 15) is 9.59 Å². The van der Waals surface area contributed by atoms with Crippen LogP contribution in [0.4, 0.5) is 0 Å². The quantitative estimate of drug-likeness (QED) is 0.486. The van der Waals surface area contributed by atoms with E-state index in [0.29, 0.717) is 25.4 Å². The maximum atomic E-state index is 11.9. The lowest BCUT2D eigenvalue weighted by atomic mass is 9.92. The number of benzene rings is 1. The highest BCUT2D eigenvalue weighted by Gasteiger charge is 2.55. The van der Waals surface area contributed by atoms with Gasteiger partial charge in [-0.05, 0) is 36.1 Å². The number of carbonyl (C=O) groups is 2. The van der Waals surface area contributed by atoms with Gasteiger partial charge in [-0.15, -0.1) is 0 Å². The molecule has 2 aliphatic rings. The third-order valence-electron chi connectivity index (χ3n) is 5.26. The maximum absolute atomic E-state index is 11.9. The number of hydrogen-bond acceptors (Lipinski definition) is 7. The summed E-state index contributed by atoms with van der Waals surface area (Å²) >= 11 is 3.47. The minimum absolute atomic E-state index is 0.0784. The van der Waals surface area contributed by atoms with Crippen LogP contribution in [0.3, 0.4) is 0 Å². The average molecular weight is 473 g/mol. The molecule has 0 radical (unpaired) electrons. The molecule has 3 heterocycles. The largest absolute Gasteiger partial charge is 0.481 e. The molecule has 1 aromatic carbocycles. The van der Waals surface area contributed by atoms with Crippen molar-refractivity contribution in [3.05, 3.63) is 64.3 Å². The molecule has 2 saturated heterocycles. The normalized spacial score (nSPS) is 21.1. The van der Waals surface area contributed by atoms with E-state index in [4.69, 9.17) is 14.2 Å². The first-order valence-electron chi connectivity index (χ1n) is 9.62. The molecule has 1 unspecified atom stereocenters. The molecule has 2 aliphatic heterocycles. The second-order valence-electron chi connectivity index (χ2n) is 7.25. The van der Waals surface area contributed by atoms with Gasteiger partial charge in [-0.1, -0.05) is 46.3 Å². The van der Waals surface area contributed by atoms with Crippen molar-refractivity contribution in [2.45, 2.75) is 25.3 Å². The van der Waals surface area contributed by atoms with Crippen LogP contribution in [0.2, 0.25) is 0 Å². The van der Waals surface area contributed by atoms with Crippen molar-refractivity contribution in [2.75, 3.05) is 13.7 Å². The zero-order valence-corrected chi connectivity index (χ0v) is 18.0. The number of rotatable bonds is 5. The highest BCUT2D eigenvalue weighted by atomic mass is 79.9. The fourth-order valence-corrected chi connectivity index (χ4v) is 4.23.